The van der Waals surface area contributed by atoms with Crippen molar-refractivity contribution in [2.45, 2.75) is 6.92 Å². The summed E-state index contributed by atoms with van der Waals surface area (Å²) in [7, 11) is 1.51. The number of piperazine rings is 1. The molecule has 2 rings (SSSR count). The van der Waals surface area contributed by atoms with E-state index in [-0.39, 0.29) is 18.4 Å². The molecule has 0 aromatic heterocycles. The molecule has 106 valence electrons. The van der Waals surface area contributed by atoms with Gasteiger partial charge in [0.05, 0.1) is 0 Å². The Morgan fingerprint density at radius 2 is 1.74 bits per heavy atom. The lowest BCUT2D eigenvalue weighted by Crippen LogP contribution is -2.52. The summed E-state index contributed by atoms with van der Waals surface area (Å²) in [4.78, 5) is 27.5. The van der Waals surface area contributed by atoms with Crippen LogP contribution in [0.4, 0.5) is 0 Å². The molecular weight excluding hydrogens is 246 g/mol. The van der Waals surface area contributed by atoms with Gasteiger partial charge in [0.1, 0.15) is 6.61 Å². The fourth-order valence-electron chi connectivity index (χ4n) is 2.28. The van der Waals surface area contributed by atoms with Gasteiger partial charge in [0.2, 0.25) is 11.8 Å². The Balaban J connectivity index is 1.86. The number of methoxy groups -OCH3 is 1. The van der Waals surface area contributed by atoms with Crippen molar-refractivity contribution in [1.82, 2.24) is 15.1 Å². The van der Waals surface area contributed by atoms with Gasteiger partial charge in [-0.15, -0.1) is 0 Å². The van der Waals surface area contributed by atoms with Gasteiger partial charge in [-0.25, -0.2) is 0 Å². The first-order valence-corrected chi connectivity index (χ1v) is 6.59. The van der Waals surface area contributed by atoms with Crippen LogP contribution >= 0.6 is 0 Å². The number of nitrogens with zero attached hydrogens (tertiary/aromatic N) is 2. The Hall–Kier alpha value is -1.40. The molecule has 0 aromatic carbocycles. The van der Waals surface area contributed by atoms with Gasteiger partial charge in [-0.3, -0.25) is 9.59 Å². The zero-order chi connectivity index (χ0) is 13.8. The Kier molecular flexibility index (Phi) is 4.55. The Bertz CT molecular complexity index is 392. The fourth-order valence-corrected chi connectivity index (χ4v) is 2.28. The van der Waals surface area contributed by atoms with E-state index < -0.39 is 0 Å². The number of nitrogens with one attached hydrogen (secondary N) is 1. The van der Waals surface area contributed by atoms with E-state index in [0.29, 0.717) is 26.2 Å². The molecule has 2 aliphatic heterocycles. The minimum Gasteiger partial charge on any atom is -0.375 e. The van der Waals surface area contributed by atoms with Crippen LogP contribution in [0.15, 0.2) is 11.1 Å². The van der Waals surface area contributed by atoms with E-state index in [0.717, 1.165) is 18.7 Å². The van der Waals surface area contributed by atoms with Crippen LogP contribution in [0.3, 0.4) is 0 Å². The molecular formula is C13H21N3O3. The number of amides is 2. The lowest BCUT2D eigenvalue weighted by atomic mass is 10.0. The summed E-state index contributed by atoms with van der Waals surface area (Å²) in [5.74, 6) is 0.100. The SMILES string of the molecule is COCC(=O)N1CCN(C(=O)C(C)=C2CNC2)CC1. The average molecular weight is 267 g/mol. The predicted octanol–water partition coefficient (Wildman–Crippen LogP) is -0.777. The number of hydrogen-bond donors (Lipinski definition) is 1. The molecule has 1 N–H and O–H groups in total. The Labute approximate surface area is 113 Å². The normalized spacial score (nSPS) is 19.2. The summed E-state index contributed by atoms with van der Waals surface area (Å²) < 4.78 is 4.84. The van der Waals surface area contributed by atoms with Gasteiger partial charge in [0.25, 0.3) is 0 Å². The first-order valence-electron chi connectivity index (χ1n) is 6.59. The zero-order valence-corrected chi connectivity index (χ0v) is 11.6. The van der Waals surface area contributed by atoms with Crippen LogP contribution in [0, 0.1) is 0 Å². The van der Waals surface area contributed by atoms with E-state index in [1.54, 1.807) is 4.90 Å². The number of ether oxygens (including phenoxy) is 1. The first-order chi connectivity index (χ1) is 9.13. The van der Waals surface area contributed by atoms with E-state index >= 15 is 0 Å². The molecule has 0 saturated carbocycles. The summed E-state index contributed by atoms with van der Waals surface area (Å²) in [5, 5.41) is 3.14. The molecule has 2 amide bonds. The number of carbonyl (C=O) groups is 2. The minimum atomic E-state index is -0.00660. The van der Waals surface area contributed by atoms with Gasteiger partial charge in [0, 0.05) is 52.0 Å². The Morgan fingerprint density at radius 1 is 1.16 bits per heavy atom. The highest BCUT2D eigenvalue weighted by Gasteiger charge is 2.26. The van der Waals surface area contributed by atoms with Crippen molar-refractivity contribution in [1.29, 1.82) is 0 Å². The van der Waals surface area contributed by atoms with Crippen molar-refractivity contribution < 1.29 is 14.3 Å². The number of carbonyl (C=O) groups excluding carboxylic acids is 2. The summed E-state index contributed by atoms with van der Waals surface area (Å²) in [6.07, 6.45) is 0. The predicted molar refractivity (Wildman–Crippen MR) is 70.6 cm³/mol. The van der Waals surface area contributed by atoms with Crippen molar-refractivity contribution in [2.24, 2.45) is 0 Å². The van der Waals surface area contributed by atoms with E-state index in [1.165, 1.54) is 12.7 Å². The zero-order valence-electron chi connectivity index (χ0n) is 11.6. The van der Waals surface area contributed by atoms with Gasteiger partial charge in [0.15, 0.2) is 0 Å². The molecule has 0 spiro atoms. The maximum atomic E-state index is 12.2. The standard InChI is InChI=1S/C13H21N3O3/c1-10(11-7-14-8-11)13(18)16-5-3-15(4-6-16)12(17)9-19-2/h14H,3-9H2,1-2H3. The maximum Gasteiger partial charge on any atom is 0.249 e. The third-order valence-electron chi connectivity index (χ3n) is 3.72. The fraction of sp³-hybridized carbons (Fsp3) is 0.692. The molecule has 0 aliphatic carbocycles. The molecule has 0 radical (unpaired) electrons. The topological polar surface area (TPSA) is 61.9 Å². The molecule has 6 nitrogen and oxygen atoms in total. The largest absolute Gasteiger partial charge is 0.375 e. The summed E-state index contributed by atoms with van der Waals surface area (Å²) in [6.45, 7) is 6.04. The van der Waals surface area contributed by atoms with Crippen LogP contribution in [0.5, 0.6) is 0 Å². The second-order valence-electron chi connectivity index (χ2n) is 4.94. The highest BCUT2D eigenvalue weighted by molar-refractivity contribution is 5.94. The smallest absolute Gasteiger partial charge is 0.249 e. The highest BCUT2D eigenvalue weighted by Crippen LogP contribution is 2.13. The van der Waals surface area contributed by atoms with Crippen LogP contribution in [-0.4, -0.2) is 74.6 Å². The number of hydrogen-bond acceptors (Lipinski definition) is 4. The molecule has 2 saturated heterocycles. The first kappa shape index (κ1) is 14.0. The monoisotopic (exact) mass is 267 g/mol. The number of rotatable bonds is 3. The second-order valence-corrected chi connectivity index (χ2v) is 4.94. The molecule has 0 bridgehead atoms. The average Bonchev–Trinajstić information content (AvgIpc) is 2.36. The third kappa shape index (κ3) is 3.13. The maximum absolute atomic E-state index is 12.2. The van der Waals surface area contributed by atoms with Gasteiger partial charge in [-0.05, 0) is 12.5 Å². The molecule has 0 atom stereocenters. The van der Waals surface area contributed by atoms with Crippen LogP contribution in [0.25, 0.3) is 0 Å². The van der Waals surface area contributed by atoms with Crippen molar-refractivity contribution in [3.8, 4) is 0 Å². The Morgan fingerprint density at radius 3 is 2.21 bits per heavy atom. The van der Waals surface area contributed by atoms with Crippen LogP contribution in [-0.2, 0) is 14.3 Å². The van der Waals surface area contributed by atoms with Crippen LogP contribution < -0.4 is 5.32 Å². The van der Waals surface area contributed by atoms with Gasteiger partial charge in [-0.2, -0.15) is 0 Å². The lowest BCUT2D eigenvalue weighted by Gasteiger charge is -2.35. The van der Waals surface area contributed by atoms with E-state index in [9.17, 15) is 9.59 Å². The summed E-state index contributed by atoms with van der Waals surface area (Å²) >= 11 is 0. The van der Waals surface area contributed by atoms with Crippen molar-refractivity contribution in [3.05, 3.63) is 11.1 Å². The second kappa shape index (κ2) is 6.16. The highest BCUT2D eigenvalue weighted by atomic mass is 16.5. The van der Waals surface area contributed by atoms with E-state index in [2.05, 4.69) is 5.32 Å². The molecule has 2 aliphatic rings. The molecule has 0 aromatic rings. The van der Waals surface area contributed by atoms with E-state index in [4.69, 9.17) is 4.74 Å². The quantitative estimate of drug-likeness (QED) is 0.682. The molecule has 19 heavy (non-hydrogen) atoms. The van der Waals surface area contributed by atoms with Gasteiger partial charge >= 0.3 is 0 Å². The molecule has 0 unspecified atom stereocenters. The molecule has 2 fully saturated rings. The van der Waals surface area contributed by atoms with Crippen molar-refractivity contribution in [3.63, 3.8) is 0 Å². The van der Waals surface area contributed by atoms with Crippen molar-refractivity contribution >= 4 is 11.8 Å². The minimum absolute atomic E-state index is 0.00660. The van der Waals surface area contributed by atoms with Crippen molar-refractivity contribution in [2.75, 3.05) is 53.0 Å². The van der Waals surface area contributed by atoms with Gasteiger partial charge in [-0.1, -0.05) is 0 Å². The van der Waals surface area contributed by atoms with E-state index in [1.807, 2.05) is 11.8 Å². The van der Waals surface area contributed by atoms with Crippen LogP contribution in [0.1, 0.15) is 6.92 Å². The van der Waals surface area contributed by atoms with Crippen LogP contribution in [0.2, 0.25) is 0 Å². The lowest BCUT2D eigenvalue weighted by molar-refractivity contribution is -0.140. The molecule has 6 heteroatoms. The summed E-state index contributed by atoms with van der Waals surface area (Å²) in [6, 6.07) is 0. The molecule has 2 heterocycles. The summed E-state index contributed by atoms with van der Waals surface area (Å²) in [5.41, 5.74) is 2.05. The third-order valence-corrected chi connectivity index (χ3v) is 3.72. The van der Waals surface area contributed by atoms with Gasteiger partial charge < -0.3 is 19.9 Å².